The third-order valence-corrected chi connectivity index (χ3v) is 8.70. The number of methoxy groups -OCH3 is 1. The second-order valence-corrected chi connectivity index (χ2v) is 11.0. The maximum Gasteiger partial charge on any atom is 1.00 e. The maximum absolute atomic E-state index is 12.1. The molecule has 44 heavy (non-hydrogen) atoms. The Balaban J connectivity index is 0. The van der Waals surface area contributed by atoms with Crippen molar-refractivity contribution < 1.29 is 74.5 Å². The molecule has 2 heterocycles. The average molecular weight is 624 g/mol. The number of aliphatic hydroxyl groups excluding tert-OH is 2. The van der Waals surface area contributed by atoms with Crippen molar-refractivity contribution >= 4 is 20.4 Å². The molecule has 8 atom stereocenters. The molecule has 2 fully saturated rings. The van der Waals surface area contributed by atoms with Crippen LogP contribution in [-0.2, 0) is 23.7 Å². The van der Waals surface area contributed by atoms with Gasteiger partial charge in [0.2, 0.25) is 12.6 Å². The first-order valence-corrected chi connectivity index (χ1v) is 14.5. The molecule has 0 aliphatic carbocycles. The van der Waals surface area contributed by atoms with Crippen LogP contribution in [0.5, 0.6) is 0 Å². The summed E-state index contributed by atoms with van der Waals surface area (Å²) in [7, 11) is 2.63. The van der Waals surface area contributed by atoms with Crippen LogP contribution >= 0.6 is 0 Å². The fourth-order valence-corrected chi connectivity index (χ4v) is 5.25. The average Bonchev–Trinajstić information content (AvgIpc) is 3.43. The summed E-state index contributed by atoms with van der Waals surface area (Å²) in [5.74, 6) is -0.515. The summed E-state index contributed by atoms with van der Waals surface area (Å²) in [6, 6.07) is 17.7. The van der Waals surface area contributed by atoms with Crippen molar-refractivity contribution in [2.45, 2.75) is 84.8 Å². The Morgan fingerprint density at radius 1 is 0.795 bits per heavy atom. The Morgan fingerprint density at radius 2 is 1.18 bits per heavy atom. The number of aliphatic hydroxyl groups is 2. The largest absolute Gasteiger partial charge is 1.00 e. The monoisotopic (exact) mass is 623 g/mol. The Morgan fingerprint density at radius 3 is 1.57 bits per heavy atom. The fourth-order valence-electron chi connectivity index (χ4n) is 5.25. The molecule has 2 aromatic carbocycles. The SMILES string of the molecule is CC[C@H]1OC(OC(=O)c2ccccc2)[C@](C)(CO)[C@@H]1C.CC[C@H]1OC(OC(=O)c2ccccc2)[C@](C)(OC)[C@@H]1C.CO.[B].[H-].[Na+]. The number of hydrogen-bond donors (Lipinski definition) is 2. The predicted octanol–water partition coefficient (Wildman–Crippen LogP) is 1.98. The van der Waals surface area contributed by atoms with E-state index in [-0.39, 0.29) is 76.0 Å². The van der Waals surface area contributed by atoms with E-state index < -0.39 is 29.6 Å². The van der Waals surface area contributed by atoms with Gasteiger partial charge in [0.05, 0.1) is 35.4 Å². The Kier molecular flexibility index (Phi) is 18.9. The number of esters is 2. The quantitative estimate of drug-likeness (QED) is 0.336. The second-order valence-electron chi connectivity index (χ2n) is 11.0. The van der Waals surface area contributed by atoms with E-state index in [0.29, 0.717) is 11.1 Å². The van der Waals surface area contributed by atoms with Gasteiger partial charge in [0, 0.05) is 28.6 Å². The molecule has 11 heteroatoms. The second kappa shape index (κ2) is 19.7. The van der Waals surface area contributed by atoms with Crippen molar-refractivity contribution in [3.63, 3.8) is 0 Å². The van der Waals surface area contributed by atoms with Gasteiger partial charge in [-0.1, -0.05) is 71.0 Å². The van der Waals surface area contributed by atoms with Gasteiger partial charge in [-0.15, -0.1) is 0 Å². The van der Waals surface area contributed by atoms with Crippen LogP contribution < -0.4 is 29.6 Å². The number of carbonyl (C=O) groups excluding carboxylic acids is 2. The molecule has 0 amide bonds. The van der Waals surface area contributed by atoms with E-state index in [2.05, 4.69) is 13.8 Å². The molecule has 2 aromatic rings. The van der Waals surface area contributed by atoms with Crippen LogP contribution in [0.3, 0.4) is 0 Å². The number of hydrogen-bond acceptors (Lipinski definition) is 9. The molecular weight excluding hydrogens is 574 g/mol. The van der Waals surface area contributed by atoms with Gasteiger partial charge in [-0.05, 0) is 49.9 Å². The van der Waals surface area contributed by atoms with Crippen molar-refractivity contribution in [2.75, 3.05) is 20.8 Å². The van der Waals surface area contributed by atoms with Crippen LogP contribution in [0.15, 0.2) is 60.7 Å². The normalized spacial score (nSPS) is 30.2. The predicted molar refractivity (Wildman–Crippen MR) is 166 cm³/mol. The molecule has 2 aliphatic rings. The molecular formula is C33H49BNaO9. The first-order valence-electron chi connectivity index (χ1n) is 14.5. The van der Waals surface area contributed by atoms with Crippen LogP contribution in [0, 0.1) is 17.3 Å². The zero-order valence-corrected chi connectivity index (χ0v) is 29.7. The van der Waals surface area contributed by atoms with Crippen LogP contribution in [0.4, 0.5) is 0 Å². The summed E-state index contributed by atoms with van der Waals surface area (Å²) in [5, 5.41) is 16.7. The van der Waals surface area contributed by atoms with Crippen molar-refractivity contribution in [3.8, 4) is 0 Å². The number of rotatable bonds is 8. The number of benzene rings is 2. The van der Waals surface area contributed by atoms with Crippen LogP contribution in [0.1, 0.15) is 76.5 Å². The molecule has 2 unspecified atom stereocenters. The summed E-state index contributed by atoms with van der Waals surface area (Å²) in [6.45, 7) is 11.9. The molecule has 9 nitrogen and oxygen atoms in total. The molecule has 2 saturated heterocycles. The molecule has 3 radical (unpaired) electrons. The molecule has 4 rings (SSSR count). The minimum absolute atomic E-state index is 0. The van der Waals surface area contributed by atoms with Gasteiger partial charge in [0.25, 0.3) is 0 Å². The van der Waals surface area contributed by atoms with Gasteiger partial charge < -0.3 is 35.3 Å². The van der Waals surface area contributed by atoms with Crippen molar-refractivity contribution in [1.29, 1.82) is 0 Å². The Hall–Kier alpha value is -1.76. The van der Waals surface area contributed by atoms with E-state index in [1.54, 1.807) is 55.6 Å². The number of ether oxygens (including phenoxy) is 5. The zero-order valence-electron chi connectivity index (χ0n) is 28.7. The van der Waals surface area contributed by atoms with Crippen molar-refractivity contribution in [3.05, 3.63) is 71.8 Å². The van der Waals surface area contributed by atoms with E-state index >= 15 is 0 Å². The summed E-state index contributed by atoms with van der Waals surface area (Å²) in [4.78, 5) is 24.3. The van der Waals surface area contributed by atoms with Gasteiger partial charge in [-0.3, -0.25) is 0 Å². The van der Waals surface area contributed by atoms with Gasteiger partial charge in [-0.2, -0.15) is 0 Å². The van der Waals surface area contributed by atoms with E-state index in [0.717, 1.165) is 20.0 Å². The Labute approximate surface area is 288 Å². The van der Waals surface area contributed by atoms with Crippen LogP contribution in [-0.4, -0.2) is 81.8 Å². The third-order valence-electron chi connectivity index (χ3n) is 8.70. The molecule has 0 spiro atoms. The van der Waals surface area contributed by atoms with Gasteiger partial charge >= 0.3 is 41.5 Å². The van der Waals surface area contributed by atoms with Gasteiger partial charge in [0.15, 0.2) is 0 Å². The van der Waals surface area contributed by atoms with E-state index in [1.807, 2.05) is 39.8 Å². The van der Waals surface area contributed by atoms with Gasteiger partial charge in [-0.25, -0.2) is 9.59 Å². The molecule has 239 valence electrons. The minimum Gasteiger partial charge on any atom is -1.00 e. The first-order chi connectivity index (χ1) is 20.0. The smallest absolute Gasteiger partial charge is 1.00 e. The fraction of sp³-hybridized carbons (Fsp3) is 0.576. The Bertz CT molecular complexity index is 1030. The molecule has 0 saturated carbocycles. The van der Waals surface area contributed by atoms with E-state index in [9.17, 15) is 14.7 Å². The summed E-state index contributed by atoms with van der Waals surface area (Å²) in [6.07, 6.45) is 0.338. The minimum atomic E-state index is -0.708. The maximum atomic E-state index is 12.1. The van der Waals surface area contributed by atoms with E-state index in [1.165, 1.54) is 0 Å². The molecule has 2 N–H and O–H groups in total. The zero-order chi connectivity index (χ0) is 31.5. The topological polar surface area (TPSA) is 121 Å². The standard InChI is InChI=1S/2C16H22O4.CH4O.B.Na.H/c1-5-13-11(2)16(3,18-4)15(19-13)20-14(17)12-9-7-6-8-10-12;1-4-13-11(2)16(3,10-17)15(19-13)20-14(18)12-8-6-5-7-9-12;1-2;;;/h6-11,13,15H,5H2,1-4H3;5-9,11,13,15,17H,4,10H2,1-3H3;2H,1H3;;;/q;;;;+1;-1/t2*11-,13-,15?,16-;;;;/m11..../s1. The van der Waals surface area contributed by atoms with Gasteiger partial charge in [0.1, 0.15) is 5.60 Å². The van der Waals surface area contributed by atoms with Crippen molar-refractivity contribution in [1.82, 2.24) is 0 Å². The molecule has 2 aliphatic heterocycles. The third kappa shape index (κ3) is 9.63. The van der Waals surface area contributed by atoms with E-state index in [4.69, 9.17) is 28.8 Å². The number of carbonyl (C=O) groups is 2. The molecule has 0 aromatic heterocycles. The summed E-state index contributed by atoms with van der Waals surface area (Å²) < 4.78 is 28.3. The first kappa shape index (κ1) is 42.2. The molecule has 0 bridgehead atoms. The van der Waals surface area contributed by atoms with Crippen molar-refractivity contribution in [2.24, 2.45) is 17.3 Å². The summed E-state index contributed by atoms with van der Waals surface area (Å²) in [5.41, 5.74) is -0.179. The van der Waals surface area contributed by atoms with Crippen LogP contribution in [0.25, 0.3) is 0 Å². The summed E-state index contributed by atoms with van der Waals surface area (Å²) >= 11 is 0. The van der Waals surface area contributed by atoms with Crippen LogP contribution in [0.2, 0.25) is 0 Å².